The molecule has 0 bridgehead atoms. The molecule has 0 N–H and O–H groups in total. The maximum atomic E-state index is 12.6. The first-order valence-electron chi connectivity index (χ1n) is 7.97. The molecule has 7 nitrogen and oxygen atoms in total. The molecule has 24 heavy (non-hydrogen) atoms. The van der Waals surface area contributed by atoms with Crippen LogP contribution in [0.2, 0.25) is 0 Å². The molecular formula is C17H21N3O4. The summed E-state index contributed by atoms with van der Waals surface area (Å²) in [5.74, 6) is 1.66. The SMILES string of the molecule is Cc1nc(COc2ccc(C(=O)N3C[C@H](C)OC[C@H]3C)cc2)no1. The third-order valence-corrected chi connectivity index (χ3v) is 3.91. The Morgan fingerprint density at radius 3 is 2.75 bits per heavy atom. The normalized spacial score (nSPS) is 20.9. The molecule has 7 heteroatoms. The van der Waals surface area contributed by atoms with Crippen LogP contribution in [-0.2, 0) is 11.3 Å². The Labute approximate surface area is 140 Å². The van der Waals surface area contributed by atoms with Crippen molar-refractivity contribution in [2.24, 2.45) is 0 Å². The Morgan fingerprint density at radius 2 is 2.08 bits per heavy atom. The summed E-state index contributed by atoms with van der Waals surface area (Å²) >= 11 is 0. The average Bonchev–Trinajstić information content (AvgIpc) is 3.00. The van der Waals surface area contributed by atoms with Gasteiger partial charge in [-0.05, 0) is 38.1 Å². The predicted octanol–water partition coefficient (Wildman–Crippen LogP) is 2.21. The molecule has 1 aromatic heterocycles. The summed E-state index contributed by atoms with van der Waals surface area (Å²) < 4.78 is 16.0. The second kappa shape index (κ2) is 7.00. The zero-order valence-electron chi connectivity index (χ0n) is 14.1. The van der Waals surface area contributed by atoms with Crippen LogP contribution in [0.1, 0.15) is 35.9 Å². The minimum atomic E-state index is 0.0120. The molecule has 0 aliphatic carbocycles. The smallest absolute Gasteiger partial charge is 0.254 e. The molecule has 1 aliphatic heterocycles. The predicted molar refractivity (Wildman–Crippen MR) is 85.7 cm³/mol. The third kappa shape index (κ3) is 3.73. The van der Waals surface area contributed by atoms with Crippen molar-refractivity contribution in [3.05, 3.63) is 41.5 Å². The highest BCUT2D eigenvalue weighted by atomic mass is 16.5. The van der Waals surface area contributed by atoms with Crippen molar-refractivity contribution in [2.45, 2.75) is 39.5 Å². The van der Waals surface area contributed by atoms with Crippen LogP contribution < -0.4 is 4.74 Å². The fourth-order valence-electron chi connectivity index (χ4n) is 2.59. The topological polar surface area (TPSA) is 77.7 Å². The van der Waals surface area contributed by atoms with Crippen LogP contribution in [-0.4, -0.2) is 46.2 Å². The van der Waals surface area contributed by atoms with Gasteiger partial charge in [0.15, 0.2) is 6.61 Å². The van der Waals surface area contributed by atoms with Crippen LogP contribution in [0, 0.1) is 6.92 Å². The summed E-state index contributed by atoms with van der Waals surface area (Å²) in [6.07, 6.45) is 0.0613. The highest BCUT2D eigenvalue weighted by Crippen LogP contribution is 2.18. The highest BCUT2D eigenvalue weighted by molar-refractivity contribution is 5.94. The van der Waals surface area contributed by atoms with E-state index in [1.54, 1.807) is 31.2 Å². The molecule has 2 heterocycles. The molecule has 0 unspecified atom stereocenters. The largest absolute Gasteiger partial charge is 0.485 e. The number of aryl methyl sites for hydroxylation is 1. The molecule has 0 radical (unpaired) electrons. The maximum absolute atomic E-state index is 12.6. The maximum Gasteiger partial charge on any atom is 0.254 e. The number of benzene rings is 1. The Kier molecular flexibility index (Phi) is 4.80. The van der Waals surface area contributed by atoms with Crippen molar-refractivity contribution in [3.63, 3.8) is 0 Å². The van der Waals surface area contributed by atoms with Crippen molar-refractivity contribution in [2.75, 3.05) is 13.2 Å². The summed E-state index contributed by atoms with van der Waals surface area (Å²) in [6.45, 7) is 7.09. The summed E-state index contributed by atoms with van der Waals surface area (Å²) in [7, 11) is 0. The van der Waals surface area contributed by atoms with Gasteiger partial charge in [-0.1, -0.05) is 5.16 Å². The van der Waals surface area contributed by atoms with Gasteiger partial charge in [0.25, 0.3) is 5.91 Å². The van der Waals surface area contributed by atoms with Crippen LogP contribution in [0.15, 0.2) is 28.8 Å². The second-order valence-electron chi connectivity index (χ2n) is 5.99. The van der Waals surface area contributed by atoms with Crippen LogP contribution in [0.3, 0.4) is 0 Å². The molecule has 1 aliphatic rings. The molecule has 0 spiro atoms. The van der Waals surface area contributed by atoms with Gasteiger partial charge in [-0.15, -0.1) is 0 Å². The summed E-state index contributed by atoms with van der Waals surface area (Å²) in [5.41, 5.74) is 0.638. The summed E-state index contributed by atoms with van der Waals surface area (Å²) in [6, 6.07) is 7.16. The number of aromatic nitrogens is 2. The van der Waals surface area contributed by atoms with E-state index in [2.05, 4.69) is 10.1 Å². The van der Waals surface area contributed by atoms with E-state index in [-0.39, 0.29) is 24.7 Å². The average molecular weight is 331 g/mol. The number of hydrogen-bond donors (Lipinski definition) is 0. The molecule has 0 saturated carbocycles. The number of ether oxygens (including phenoxy) is 2. The van der Waals surface area contributed by atoms with Crippen LogP contribution in [0.5, 0.6) is 5.75 Å². The first-order valence-corrected chi connectivity index (χ1v) is 7.97. The fraction of sp³-hybridized carbons (Fsp3) is 0.471. The molecule has 2 aromatic rings. The number of carbonyl (C=O) groups is 1. The molecule has 1 aromatic carbocycles. The third-order valence-electron chi connectivity index (χ3n) is 3.91. The van der Waals surface area contributed by atoms with Gasteiger partial charge in [0, 0.05) is 19.0 Å². The minimum absolute atomic E-state index is 0.0120. The Bertz CT molecular complexity index is 698. The number of rotatable bonds is 4. The monoisotopic (exact) mass is 331 g/mol. The van der Waals surface area contributed by atoms with Gasteiger partial charge in [-0.25, -0.2) is 0 Å². The van der Waals surface area contributed by atoms with Gasteiger partial charge in [-0.2, -0.15) is 4.98 Å². The quantitative estimate of drug-likeness (QED) is 0.855. The molecule has 1 saturated heterocycles. The minimum Gasteiger partial charge on any atom is -0.485 e. The van der Waals surface area contributed by atoms with E-state index in [0.717, 1.165) is 0 Å². The lowest BCUT2D eigenvalue weighted by atomic mass is 10.1. The van der Waals surface area contributed by atoms with Gasteiger partial charge in [0.2, 0.25) is 11.7 Å². The van der Waals surface area contributed by atoms with E-state index in [9.17, 15) is 4.79 Å². The van der Waals surface area contributed by atoms with Crippen molar-refractivity contribution in [1.82, 2.24) is 15.0 Å². The zero-order valence-corrected chi connectivity index (χ0v) is 14.1. The standard InChI is InChI=1S/C17H21N3O4/c1-11-9-22-12(2)8-20(11)17(21)14-4-6-15(7-5-14)23-10-16-18-13(3)24-19-16/h4-7,11-12H,8-10H2,1-3H3/t11-,12+/m1/s1. The summed E-state index contributed by atoms with van der Waals surface area (Å²) in [5, 5.41) is 3.77. The van der Waals surface area contributed by atoms with E-state index in [1.165, 1.54) is 0 Å². The van der Waals surface area contributed by atoms with Gasteiger partial charge in [-0.3, -0.25) is 4.79 Å². The molecule has 1 fully saturated rings. The Hall–Kier alpha value is -2.41. The molecular weight excluding hydrogens is 310 g/mol. The Balaban J connectivity index is 1.62. The first kappa shape index (κ1) is 16.4. The summed E-state index contributed by atoms with van der Waals surface area (Å²) in [4.78, 5) is 18.6. The zero-order chi connectivity index (χ0) is 17.1. The van der Waals surface area contributed by atoms with Gasteiger partial charge < -0.3 is 18.9 Å². The number of nitrogens with zero attached hydrogens (tertiary/aromatic N) is 3. The lowest BCUT2D eigenvalue weighted by molar-refractivity contribution is -0.0387. The highest BCUT2D eigenvalue weighted by Gasteiger charge is 2.28. The van der Waals surface area contributed by atoms with E-state index >= 15 is 0 Å². The van der Waals surface area contributed by atoms with Gasteiger partial charge in [0.1, 0.15) is 5.75 Å². The van der Waals surface area contributed by atoms with E-state index < -0.39 is 0 Å². The van der Waals surface area contributed by atoms with Gasteiger partial charge in [0.05, 0.1) is 18.8 Å². The fourth-order valence-corrected chi connectivity index (χ4v) is 2.59. The van der Waals surface area contributed by atoms with E-state index in [1.807, 2.05) is 18.7 Å². The van der Waals surface area contributed by atoms with Crippen molar-refractivity contribution in [3.8, 4) is 5.75 Å². The van der Waals surface area contributed by atoms with E-state index in [0.29, 0.717) is 36.2 Å². The van der Waals surface area contributed by atoms with Gasteiger partial charge >= 0.3 is 0 Å². The molecule has 2 atom stereocenters. The Morgan fingerprint density at radius 1 is 1.33 bits per heavy atom. The lowest BCUT2D eigenvalue weighted by Crippen LogP contribution is -2.50. The lowest BCUT2D eigenvalue weighted by Gasteiger charge is -2.36. The molecule has 3 rings (SSSR count). The van der Waals surface area contributed by atoms with Crippen LogP contribution in [0.25, 0.3) is 0 Å². The van der Waals surface area contributed by atoms with Crippen LogP contribution in [0.4, 0.5) is 0 Å². The van der Waals surface area contributed by atoms with E-state index in [4.69, 9.17) is 14.0 Å². The number of hydrogen-bond acceptors (Lipinski definition) is 6. The first-order chi connectivity index (χ1) is 11.5. The van der Waals surface area contributed by atoms with Crippen molar-refractivity contribution in [1.29, 1.82) is 0 Å². The second-order valence-corrected chi connectivity index (χ2v) is 5.99. The number of morpholine rings is 1. The number of carbonyl (C=O) groups excluding carboxylic acids is 1. The van der Waals surface area contributed by atoms with Crippen LogP contribution >= 0.6 is 0 Å². The molecule has 128 valence electrons. The number of amides is 1. The van der Waals surface area contributed by atoms with Crippen molar-refractivity contribution < 1.29 is 18.8 Å². The van der Waals surface area contributed by atoms with Crippen molar-refractivity contribution >= 4 is 5.91 Å². The molecule has 1 amide bonds.